The van der Waals surface area contributed by atoms with Gasteiger partial charge >= 0.3 is 8.03 Å². The van der Waals surface area contributed by atoms with E-state index in [2.05, 4.69) is 0 Å². The number of carboxylic acids is 1. The summed E-state index contributed by atoms with van der Waals surface area (Å²) in [6.07, 6.45) is 0.334. The standard InChI is InChI=1S/C10H9O4P/c11-10(12)9-7-4-2-1-3-6(7)5-8(9)15(13)14/h1-4,8-9H,5H2,(H-,11,12,13,14)/t8-,9-/m1/s1. The summed E-state index contributed by atoms with van der Waals surface area (Å²) in [5.41, 5.74) is 0.691. The van der Waals surface area contributed by atoms with Crippen LogP contribution in [0.3, 0.4) is 0 Å². The summed E-state index contributed by atoms with van der Waals surface area (Å²) < 4.78 is 11.0. The maximum atomic E-state index is 11.0. The van der Waals surface area contributed by atoms with Gasteiger partial charge in [0.2, 0.25) is 5.66 Å². The number of carbonyl (C=O) groups is 1. The molecule has 0 amide bonds. The van der Waals surface area contributed by atoms with Crippen LogP contribution in [0, 0.1) is 0 Å². The average molecular weight is 224 g/mol. The molecule has 0 aromatic heterocycles. The van der Waals surface area contributed by atoms with Crippen LogP contribution in [0.2, 0.25) is 0 Å². The third-order valence-corrected chi connectivity index (χ3v) is 3.79. The van der Waals surface area contributed by atoms with E-state index in [0.717, 1.165) is 5.56 Å². The van der Waals surface area contributed by atoms with Crippen LogP contribution in [-0.4, -0.2) is 16.5 Å². The first-order valence-electron chi connectivity index (χ1n) is 4.55. The predicted octanol–water partition coefficient (Wildman–Crippen LogP) is 0.179. The summed E-state index contributed by atoms with van der Waals surface area (Å²) in [5.74, 6) is -2.22. The molecule has 4 nitrogen and oxygen atoms in total. The molecule has 1 unspecified atom stereocenters. The number of carboxylic acid groups (broad SMARTS) is 1. The van der Waals surface area contributed by atoms with E-state index in [1.165, 1.54) is 0 Å². The summed E-state index contributed by atoms with van der Waals surface area (Å²) in [6.45, 7) is 0. The van der Waals surface area contributed by atoms with E-state index < -0.39 is 25.6 Å². The van der Waals surface area contributed by atoms with Gasteiger partial charge in [-0.15, -0.1) is 0 Å². The normalized spacial score (nSPS) is 24.7. The van der Waals surface area contributed by atoms with Gasteiger partial charge in [-0.05, 0) is 15.7 Å². The van der Waals surface area contributed by atoms with Crippen LogP contribution in [-0.2, 0) is 15.8 Å². The highest BCUT2D eigenvalue weighted by Crippen LogP contribution is 2.44. The van der Waals surface area contributed by atoms with E-state index in [1.54, 1.807) is 24.3 Å². The lowest BCUT2D eigenvalue weighted by Gasteiger charge is -2.12. The maximum Gasteiger partial charge on any atom is 0.510 e. The Hall–Kier alpha value is -1.25. The fourth-order valence-electron chi connectivity index (χ4n) is 2.06. The summed E-state index contributed by atoms with van der Waals surface area (Å²) in [6, 6.07) is 6.97. The third kappa shape index (κ3) is 1.66. The largest absolute Gasteiger partial charge is 0.549 e. The Morgan fingerprint density at radius 3 is 2.73 bits per heavy atom. The molecule has 1 aliphatic carbocycles. The van der Waals surface area contributed by atoms with Crippen molar-refractivity contribution in [2.24, 2.45) is 0 Å². The lowest BCUT2D eigenvalue weighted by molar-refractivity contribution is -0.307. The lowest BCUT2D eigenvalue weighted by atomic mass is 10.0. The molecule has 0 bridgehead atoms. The molecular weight excluding hydrogens is 215 g/mol. The van der Waals surface area contributed by atoms with Gasteiger partial charge in [0.25, 0.3) is 0 Å². The Morgan fingerprint density at radius 2 is 2.13 bits per heavy atom. The second kappa shape index (κ2) is 3.72. The van der Waals surface area contributed by atoms with Crippen LogP contribution in [0.15, 0.2) is 24.3 Å². The van der Waals surface area contributed by atoms with E-state index in [1.807, 2.05) is 0 Å². The number of hydrogen-bond acceptors (Lipinski definition) is 3. The highest BCUT2D eigenvalue weighted by Gasteiger charge is 2.45. The molecule has 1 N–H and O–H groups in total. The van der Waals surface area contributed by atoms with Crippen molar-refractivity contribution in [1.29, 1.82) is 0 Å². The summed E-state index contributed by atoms with van der Waals surface area (Å²) >= 11 is 0. The zero-order valence-corrected chi connectivity index (χ0v) is 8.68. The molecular formula is C10H9O4P. The topological polar surface area (TPSA) is 77.4 Å². The van der Waals surface area contributed by atoms with Crippen molar-refractivity contribution >= 4 is 14.0 Å². The molecule has 1 aromatic carbocycles. The fourth-order valence-corrected chi connectivity index (χ4v) is 2.95. The molecule has 1 aliphatic rings. The van der Waals surface area contributed by atoms with Crippen LogP contribution in [0.5, 0.6) is 0 Å². The summed E-state index contributed by atoms with van der Waals surface area (Å²) in [5, 5.41) is 10.9. The van der Waals surface area contributed by atoms with Crippen molar-refractivity contribution in [3.05, 3.63) is 35.4 Å². The molecule has 15 heavy (non-hydrogen) atoms. The third-order valence-electron chi connectivity index (χ3n) is 2.74. The Labute approximate surface area is 87.4 Å². The summed E-state index contributed by atoms with van der Waals surface area (Å²) in [4.78, 5) is 20.0. The van der Waals surface area contributed by atoms with Gasteiger partial charge in [0.1, 0.15) is 0 Å². The molecule has 0 aliphatic heterocycles. The Kier molecular flexibility index (Phi) is 2.55. The van der Waals surface area contributed by atoms with Crippen LogP contribution in [0.25, 0.3) is 0 Å². The second-order valence-corrected chi connectivity index (χ2v) is 4.84. The molecule has 0 saturated carbocycles. The van der Waals surface area contributed by atoms with Crippen molar-refractivity contribution in [1.82, 2.24) is 0 Å². The van der Waals surface area contributed by atoms with Crippen LogP contribution in [0.4, 0.5) is 0 Å². The van der Waals surface area contributed by atoms with Gasteiger partial charge in [-0.25, -0.2) is 0 Å². The Balaban J connectivity index is 2.46. The molecule has 0 radical (unpaired) electrons. The van der Waals surface area contributed by atoms with Crippen molar-refractivity contribution in [2.75, 3.05) is 0 Å². The van der Waals surface area contributed by atoms with Crippen molar-refractivity contribution < 1.29 is 19.4 Å². The summed E-state index contributed by atoms with van der Waals surface area (Å²) in [7, 11) is -2.49. The predicted molar refractivity (Wildman–Crippen MR) is 51.5 cm³/mol. The van der Waals surface area contributed by atoms with Gasteiger partial charge in [-0.3, -0.25) is 0 Å². The maximum absolute atomic E-state index is 11.0. The highest BCUT2D eigenvalue weighted by molar-refractivity contribution is 7.39. The van der Waals surface area contributed by atoms with E-state index in [0.29, 0.717) is 12.0 Å². The number of aliphatic carboxylic acids is 1. The first kappa shape index (κ1) is 10.3. The number of rotatable bonds is 2. The quantitative estimate of drug-likeness (QED) is 0.727. The van der Waals surface area contributed by atoms with Crippen LogP contribution >= 0.6 is 8.03 Å². The van der Waals surface area contributed by atoms with Gasteiger partial charge < -0.3 is 9.90 Å². The minimum Gasteiger partial charge on any atom is -0.549 e. The molecule has 1 aromatic rings. The van der Waals surface area contributed by atoms with Gasteiger partial charge in [0, 0.05) is 6.42 Å². The van der Waals surface area contributed by atoms with E-state index in [9.17, 15) is 14.5 Å². The minimum atomic E-state index is -2.49. The fraction of sp³-hybridized carbons (Fsp3) is 0.300. The van der Waals surface area contributed by atoms with Crippen molar-refractivity contribution in [3.63, 3.8) is 0 Å². The first-order chi connectivity index (χ1) is 7.11. The number of fused-ring (bicyclic) bond motifs is 1. The monoisotopic (exact) mass is 224 g/mol. The number of hydrogen-bond donors (Lipinski definition) is 1. The van der Waals surface area contributed by atoms with E-state index in [4.69, 9.17) is 4.89 Å². The zero-order chi connectivity index (χ0) is 11.0. The Morgan fingerprint density at radius 1 is 1.47 bits per heavy atom. The second-order valence-electron chi connectivity index (χ2n) is 3.57. The smallest absolute Gasteiger partial charge is 0.510 e. The molecule has 2 rings (SSSR count). The van der Waals surface area contributed by atoms with Gasteiger partial charge in [-0.1, -0.05) is 24.3 Å². The molecule has 0 fully saturated rings. The minimum absolute atomic E-state index is 0.334. The Bertz CT molecular complexity index is 429. The van der Waals surface area contributed by atoms with Crippen LogP contribution < -0.4 is 5.11 Å². The van der Waals surface area contributed by atoms with Gasteiger partial charge in [-0.2, -0.15) is 4.89 Å². The molecule has 5 heteroatoms. The molecule has 3 atom stereocenters. The van der Waals surface area contributed by atoms with E-state index >= 15 is 0 Å². The number of carbonyl (C=O) groups excluding carboxylic acids is 1. The SMILES string of the molecule is O=C([O-])[C@@H]1c2ccccc2C[C@H]1[P+](=O)O. The lowest BCUT2D eigenvalue weighted by Crippen LogP contribution is -2.33. The molecule has 0 spiro atoms. The number of benzene rings is 1. The van der Waals surface area contributed by atoms with Crippen molar-refractivity contribution in [3.8, 4) is 0 Å². The van der Waals surface area contributed by atoms with Gasteiger partial charge in [0.15, 0.2) is 0 Å². The highest BCUT2D eigenvalue weighted by atomic mass is 31.1. The zero-order valence-electron chi connectivity index (χ0n) is 7.79. The molecule has 0 saturated heterocycles. The molecule has 78 valence electrons. The van der Waals surface area contributed by atoms with Crippen molar-refractivity contribution in [2.45, 2.75) is 18.0 Å². The van der Waals surface area contributed by atoms with E-state index in [-0.39, 0.29) is 0 Å². The van der Waals surface area contributed by atoms with Crippen LogP contribution in [0.1, 0.15) is 17.0 Å². The molecule has 0 heterocycles. The first-order valence-corrected chi connectivity index (χ1v) is 5.83. The van der Waals surface area contributed by atoms with Gasteiger partial charge in [0.05, 0.1) is 11.9 Å². The average Bonchev–Trinajstić information content (AvgIpc) is 2.56.